The van der Waals surface area contributed by atoms with Crippen LogP contribution in [-0.4, -0.2) is 0 Å². The van der Waals surface area contributed by atoms with Gasteiger partial charge in [-0.3, -0.25) is 0 Å². The maximum Gasteiger partial charge on any atom is 0.0349 e. The summed E-state index contributed by atoms with van der Waals surface area (Å²) in [4.78, 5) is 2.55. The summed E-state index contributed by atoms with van der Waals surface area (Å²) < 4.78 is 0. The highest BCUT2D eigenvalue weighted by molar-refractivity contribution is 7.14. The second-order valence-corrected chi connectivity index (χ2v) is 5.23. The van der Waals surface area contributed by atoms with Gasteiger partial charge in [-0.05, 0) is 44.1 Å². The Kier molecular flexibility index (Phi) is 17.8. The van der Waals surface area contributed by atoms with E-state index in [1.54, 1.807) is 6.08 Å². The van der Waals surface area contributed by atoms with E-state index in [4.69, 9.17) is 0 Å². The molecule has 24 heavy (non-hydrogen) atoms. The van der Waals surface area contributed by atoms with Gasteiger partial charge in [-0.15, -0.1) is 11.3 Å². The number of hydrogen-bond acceptors (Lipinski definition) is 1. The molecule has 1 aromatic heterocycles. The van der Waals surface area contributed by atoms with Crippen molar-refractivity contribution in [1.29, 1.82) is 0 Å². The topological polar surface area (TPSA) is 0 Å². The first-order valence-electron chi connectivity index (χ1n) is 8.78. The highest BCUT2D eigenvalue weighted by Gasteiger charge is 2.04. The number of thiophene rings is 1. The third-order valence-electron chi connectivity index (χ3n) is 2.71. The summed E-state index contributed by atoms with van der Waals surface area (Å²) in [5, 5.41) is 0. The molecule has 0 bridgehead atoms. The minimum atomic E-state index is 1.23. The van der Waals surface area contributed by atoms with E-state index in [9.17, 15) is 0 Å². The van der Waals surface area contributed by atoms with Crippen LogP contribution in [0.5, 0.6) is 0 Å². The van der Waals surface area contributed by atoms with Crippen LogP contribution in [0, 0.1) is 0 Å². The fourth-order valence-electron chi connectivity index (χ4n) is 1.74. The van der Waals surface area contributed by atoms with E-state index in [2.05, 4.69) is 62.1 Å². The van der Waals surface area contributed by atoms with E-state index in [1.165, 1.54) is 20.9 Å². The molecule has 132 valence electrons. The number of rotatable bonds is 6. The van der Waals surface area contributed by atoms with Gasteiger partial charge in [0, 0.05) is 9.75 Å². The minimum Gasteiger partial charge on any atom is -0.135 e. The Hall–Kier alpha value is -1.86. The molecule has 0 unspecified atom stereocenters. The molecule has 1 heterocycles. The van der Waals surface area contributed by atoms with Crippen molar-refractivity contribution in [2.45, 2.75) is 48.5 Å². The van der Waals surface area contributed by atoms with E-state index in [1.807, 2.05) is 65.0 Å². The van der Waals surface area contributed by atoms with Crippen LogP contribution < -0.4 is 0 Å². The maximum absolute atomic E-state index is 3.72. The lowest BCUT2D eigenvalue weighted by atomic mass is 10.1. The van der Waals surface area contributed by atoms with Crippen LogP contribution in [0.25, 0.3) is 11.1 Å². The summed E-state index contributed by atoms with van der Waals surface area (Å²) in [6, 6.07) is 4.36. The van der Waals surface area contributed by atoms with Gasteiger partial charge in [-0.25, -0.2) is 0 Å². The van der Waals surface area contributed by atoms with Gasteiger partial charge in [0.1, 0.15) is 0 Å². The predicted octanol–water partition coefficient (Wildman–Crippen LogP) is 8.48. The van der Waals surface area contributed by atoms with Gasteiger partial charge in [0.2, 0.25) is 0 Å². The Labute approximate surface area is 154 Å². The molecule has 0 spiro atoms. The second kappa shape index (κ2) is 17.5. The van der Waals surface area contributed by atoms with Crippen molar-refractivity contribution >= 4 is 22.5 Å². The first-order valence-corrected chi connectivity index (χ1v) is 9.60. The molecule has 1 aromatic rings. The van der Waals surface area contributed by atoms with Gasteiger partial charge >= 0.3 is 0 Å². The Morgan fingerprint density at radius 1 is 0.833 bits per heavy atom. The second-order valence-electron chi connectivity index (χ2n) is 4.15. The van der Waals surface area contributed by atoms with Gasteiger partial charge in [0.25, 0.3) is 0 Å². The van der Waals surface area contributed by atoms with Gasteiger partial charge in [0.15, 0.2) is 0 Å². The largest absolute Gasteiger partial charge is 0.135 e. The Morgan fingerprint density at radius 3 is 1.88 bits per heavy atom. The lowest BCUT2D eigenvalue weighted by Crippen LogP contribution is -1.73. The third kappa shape index (κ3) is 9.32. The highest BCUT2D eigenvalue weighted by Crippen LogP contribution is 2.30. The van der Waals surface area contributed by atoms with E-state index >= 15 is 0 Å². The molecule has 1 heteroatoms. The molecular weight excluding hydrogens is 308 g/mol. The first kappa shape index (κ1) is 24.4. The van der Waals surface area contributed by atoms with Gasteiger partial charge in [0.05, 0.1) is 0 Å². The molecule has 0 saturated heterocycles. The fraction of sp³-hybridized carbons (Fsp3) is 0.304. The molecule has 0 radical (unpaired) electrons. The van der Waals surface area contributed by atoms with Crippen molar-refractivity contribution < 1.29 is 0 Å². The van der Waals surface area contributed by atoms with Crippen LogP contribution in [0.3, 0.4) is 0 Å². The monoisotopic (exact) mass is 342 g/mol. The molecule has 0 fully saturated rings. The van der Waals surface area contributed by atoms with E-state index < -0.39 is 0 Å². The molecule has 0 amide bonds. The van der Waals surface area contributed by atoms with Gasteiger partial charge in [-0.2, -0.15) is 0 Å². The van der Waals surface area contributed by atoms with Crippen molar-refractivity contribution in [1.82, 2.24) is 0 Å². The fourth-order valence-corrected chi connectivity index (χ4v) is 2.81. The highest BCUT2D eigenvalue weighted by atomic mass is 32.1. The molecule has 0 aliphatic rings. The predicted molar refractivity (Wildman–Crippen MR) is 118 cm³/mol. The lowest BCUT2D eigenvalue weighted by Gasteiger charge is -1.98. The summed E-state index contributed by atoms with van der Waals surface area (Å²) in [5.41, 5.74) is 2.47. The summed E-state index contributed by atoms with van der Waals surface area (Å²) in [6.07, 6.45) is 18.5. The van der Waals surface area contributed by atoms with Crippen molar-refractivity contribution in [3.05, 3.63) is 83.2 Å². The van der Waals surface area contributed by atoms with Gasteiger partial charge < -0.3 is 0 Å². The standard InChI is InChI=1S/C19H22S.2C2H6/c1-5-9-12-16(8-4)18-14-15-19(20-18)17(11-7-3)13-10-6-2;2*1-2/h5-15H,1H2,2-4H3;2*1-2H3/b10-6-,11-7-,12-9-,16-8+,17-13+;;. The van der Waals surface area contributed by atoms with Crippen LogP contribution in [0.2, 0.25) is 0 Å². The van der Waals surface area contributed by atoms with Crippen LogP contribution >= 0.6 is 11.3 Å². The number of hydrogen-bond donors (Lipinski definition) is 0. The Morgan fingerprint density at radius 2 is 1.42 bits per heavy atom. The molecule has 0 aliphatic heterocycles. The zero-order valence-corrected chi connectivity index (χ0v) is 17.3. The van der Waals surface area contributed by atoms with Crippen LogP contribution in [0.1, 0.15) is 58.2 Å². The minimum absolute atomic E-state index is 1.23. The molecule has 0 aromatic carbocycles. The first-order chi connectivity index (χ1) is 11.8. The van der Waals surface area contributed by atoms with Crippen molar-refractivity contribution in [2.75, 3.05) is 0 Å². The van der Waals surface area contributed by atoms with Crippen molar-refractivity contribution in [3.8, 4) is 0 Å². The zero-order valence-electron chi connectivity index (χ0n) is 16.5. The third-order valence-corrected chi connectivity index (χ3v) is 3.90. The Bertz CT molecular complexity index is 575. The summed E-state index contributed by atoms with van der Waals surface area (Å²) >= 11 is 1.81. The zero-order chi connectivity index (χ0) is 18.8. The molecular formula is C23H34S. The van der Waals surface area contributed by atoms with Crippen molar-refractivity contribution in [3.63, 3.8) is 0 Å². The van der Waals surface area contributed by atoms with Gasteiger partial charge in [-0.1, -0.05) is 89.0 Å². The van der Waals surface area contributed by atoms with Crippen LogP contribution in [0.15, 0.2) is 73.4 Å². The Balaban J connectivity index is 0. The lowest BCUT2D eigenvalue weighted by molar-refractivity contribution is 1.50. The normalized spacial score (nSPS) is 12.1. The van der Waals surface area contributed by atoms with E-state index in [0.29, 0.717) is 0 Å². The molecule has 1 rings (SSSR count). The molecule has 0 nitrogen and oxygen atoms in total. The quantitative estimate of drug-likeness (QED) is 0.455. The molecule has 0 saturated carbocycles. The molecule has 0 aliphatic carbocycles. The molecule has 0 atom stereocenters. The average molecular weight is 343 g/mol. The summed E-state index contributed by atoms with van der Waals surface area (Å²) in [7, 11) is 0. The van der Waals surface area contributed by atoms with Crippen LogP contribution in [0.4, 0.5) is 0 Å². The summed E-state index contributed by atoms with van der Waals surface area (Å²) in [5.74, 6) is 0. The summed E-state index contributed by atoms with van der Waals surface area (Å²) in [6.45, 7) is 17.8. The van der Waals surface area contributed by atoms with Crippen molar-refractivity contribution in [2.24, 2.45) is 0 Å². The maximum atomic E-state index is 3.72. The molecule has 0 N–H and O–H groups in total. The smallest absolute Gasteiger partial charge is 0.0349 e. The van der Waals surface area contributed by atoms with E-state index in [0.717, 1.165) is 0 Å². The van der Waals surface area contributed by atoms with E-state index in [-0.39, 0.29) is 0 Å². The SMILES string of the molecule is C=C/C=C\C(=C/C)c1ccc(C(/C=C\C)=C/C=C\C)s1.CC.CC. The average Bonchev–Trinajstić information content (AvgIpc) is 3.12. The van der Waals surface area contributed by atoms with Crippen LogP contribution in [-0.2, 0) is 0 Å². The number of allylic oxidation sites excluding steroid dienone is 11.